The molecule has 18 heavy (non-hydrogen) atoms. The lowest BCUT2D eigenvalue weighted by atomic mass is 10.0. The second-order valence-electron chi connectivity index (χ2n) is 5.78. The molecule has 0 atom stereocenters. The molecule has 0 rings (SSSR count). The summed E-state index contributed by atoms with van der Waals surface area (Å²) in [5.74, 6) is 0.0893. The van der Waals surface area contributed by atoms with Gasteiger partial charge in [0.1, 0.15) is 0 Å². The van der Waals surface area contributed by atoms with Crippen LogP contribution in [0, 0.1) is 0 Å². The van der Waals surface area contributed by atoms with Crippen LogP contribution in [0.25, 0.3) is 0 Å². The van der Waals surface area contributed by atoms with Gasteiger partial charge in [-0.25, -0.2) is 0 Å². The zero-order valence-electron chi connectivity index (χ0n) is 12.8. The predicted octanol–water partition coefficient (Wildman–Crippen LogP) is 2.51. The van der Waals surface area contributed by atoms with Gasteiger partial charge in [0.2, 0.25) is 5.91 Å². The highest BCUT2D eigenvalue weighted by Crippen LogP contribution is 2.20. The maximum absolute atomic E-state index is 11.4. The summed E-state index contributed by atoms with van der Waals surface area (Å²) in [4.78, 5) is 11.4. The summed E-state index contributed by atoms with van der Waals surface area (Å²) < 4.78 is 11.2. The SMILES string of the molecule is CCNC(=O)CCC(C)(C)OCCC(C)(C)OC. The third kappa shape index (κ3) is 8.48. The summed E-state index contributed by atoms with van der Waals surface area (Å²) in [5.41, 5.74) is -0.426. The van der Waals surface area contributed by atoms with Crippen LogP contribution in [-0.4, -0.2) is 37.4 Å². The van der Waals surface area contributed by atoms with Gasteiger partial charge in [-0.1, -0.05) is 0 Å². The first-order valence-corrected chi connectivity index (χ1v) is 6.68. The van der Waals surface area contributed by atoms with Crippen LogP contribution in [-0.2, 0) is 14.3 Å². The molecule has 0 radical (unpaired) electrons. The van der Waals surface area contributed by atoms with Crippen molar-refractivity contribution in [3.63, 3.8) is 0 Å². The van der Waals surface area contributed by atoms with E-state index in [0.717, 1.165) is 12.8 Å². The number of hydrogen-bond donors (Lipinski definition) is 1. The van der Waals surface area contributed by atoms with Gasteiger partial charge in [0.05, 0.1) is 17.8 Å². The summed E-state index contributed by atoms with van der Waals surface area (Å²) in [6, 6.07) is 0. The number of carbonyl (C=O) groups excluding carboxylic acids is 1. The van der Waals surface area contributed by atoms with Gasteiger partial charge >= 0.3 is 0 Å². The van der Waals surface area contributed by atoms with Gasteiger partial charge in [0.15, 0.2) is 0 Å². The van der Waals surface area contributed by atoms with Crippen LogP contribution in [0.4, 0.5) is 0 Å². The highest BCUT2D eigenvalue weighted by Gasteiger charge is 2.22. The van der Waals surface area contributed by atoms with Crippen molar-refractivity contribution in [3.05, 3.63) is 0 Å². The molecule has 0 spiro atoms. The maximum atomic E-state index is 11.4. The molecule has 0 aromatic heterocycles. The number of methoxy groups -OCH3 is 1. The van der Waals surface area contributed by atoms with Crippen LogP contribution >= 0.6 is 0 Å². The number of hydrogen-bond acceptors (Lipinski definition) is 3. The Morgan fingerprint density at radius 2 is 1.72 bits per heavy atom. The van der Waals surface area contributed by atoms with Crippen LogP contribution in [0.5, 0.6) is 0 Å². The third-order valence-corrected chi connectivity index (χ3v) is 3.08. The highest BCUT2D eigenvalue weighted by molar-refractivity contribution is 5.75. The topological polar surface area (TPSA) is 47.6 Å². The number of amides is 1. The van der Waals surface area contributed by atoms with Gasteiger partial charge in [-0.3, -0.25) is 4.79 Å². The quantitative estimate of drug-likeness (QED) is 0.692. The Hall–Kier alpha value is -0.610. The van der Waals surface area contributed by atoms with Crippen LogP contribution in [0.3, 0.4) is 0 Å². The van der Waals surface area contributed by atoms with Crippen molar-refractivity contribution in [3.8, 4) is 0 Å². The Labute approximate surface area is 111 Å². The van der Waals surface area contributed by atoms with E-state index in [9.17, 15) is 4.79 Å². The largest absolute Gasteiger partial charge is 0.379 e. The molecule has 1 amide bonds. The zero-order chi connectivity index (χ0) is 14.2. The molecule has 0 aromatic rings. The second-order valence-corrected chi connectivity index (χ2v) is 5.78. The van der Waals surface area contributed by atoms with Crippen molar-refractivity contribution in [1.82, 2.24) is 5.32 Å². The standard InChI is InChI=1S/C14H29NO3/c1-7-15-12(16)8-9-14(4,5)18-11-10-13(2,3)17-6/h7-11H2,1-6H3,(H,15,16). The predicted molar refractivity (Wildman–Crippen MR) is 73.7 cm³/mol. The first kappa shape index (κ1) is 17.4. The lowest BCUT2D eigenvalue weighted by Gasteiger charge is -2.28. The lowest BCUT2D eigenvalue weighted by molar-refractivity contribution is -0.123. The number of rotatable bonds is 9. The van der Waals surface area contributed by atoms with Crippen LogP contribution in [0.1, 0.15) is 53.9 Å². The Kier molecular flexibility index (Phi) is 7.48. The van der Waals surface area contributed by atoms with E-state index in [1.165, 1.54) is 0 Å². The number of carbonyl (C=O) groups is 1. The Balaban J connectivity index is 3.90. The van der Waals surface area contributed by atoms with E-state index >= 15 is 0 Å². The minimum atomic E-state index is -0.269. The molecular formula is C14H29NO3. The van der Waals surface area contributed by atoms with Crippen LogP contribution in [0.15, 0.2) is 0 Å². The molecule has 0 bridgehead atoms. The van der Waals surface area contributed by atoms with Crippen molar-refractivity contribution >= 4 is 5.91 Å². The number of nitrogens with one attached hydrogen (secondary N) is 1. The fraction of sp³-hybridized carbons (Fsp3) is 0.929. The Morgan fingerprint density at radius 3 is 2.22 bits per heavy atom. The van der Waals surface area contributed by atoms with Gasteiger partial charge < -0.3 is 14.8 Å². The van der Waals surface area contributed by atoms with Crippen molar-refractivity contribution < 1.29 is 14.3 Å². The monoisotopic (exact) mass is 259 g/mol. The molecule has 0 fully saturated rings. The summed E-state index contributed by atoms with van der Waals surface area (Å²) in [6.07, 6.45) is 2.08. The summed E-state index contributed by atoms with van der Waals surface area (Å²) >= 11 is 0. The highest BCUT2D eigenvalue weighted by atomic mass is 16.5. The smallest absolute Gasteiger partial charge is 0.220 e. The second kappa shape index (κ2) is 7.74. The molecule has 0 aliphatic heterocycles. The van der Waals surface area contributed by atoms with Crippen LogP contribution < -0.4 is 5.32 Å². The van der Waals surface area contributed by atoms with Crippen molar-refractivity contribution in [1.29, 1.82) is 0 Å². The maximum Gasteiger partial charge on any atom is 0.220 e. The molecule has 4 nitrogen and oxygen atoms in total. The molecule has 0 saturated heterocycles. The van der Waals surface area contributed by atoms with Crippen molar-refractivity contribution in [2.45, 2.75) is 65.1 Å². The fourth-order valence-corrected chi connectivity index (χ4v) is 1.45. The molecule has 0 unspecified atom stereocenters. The van der Waals surface area contributed by atoms with Crippen molar-refractivity contribution in [2.75, 3.05) is 20.3 Å². The van der Waals surface area contributed by atoms with E-state index in [1.807, 2.05) is 34.6 Å². The average molecular weight is 259 g/mol. The summed E-state index contributed by atoms with van der Waals surface area (Å²) in [6.45, 7) is 11.4. The molecule has 0 aliphatic carbocycles. The van der Waals surface area contributed by atoms with Crippen molar-refractivity contribution in [2.24, 2.45) is 0 Å². The van der Waals surface area contributed by atoms with E-state index in [4.69, 9.17) is 9.47 Å². The molecule has 0 heterocycles. The number of ether oxygens (including phenoxy) is 2. The fourth-order valence-electron chi connectivity index (χ4n) is 1.45. The molecule has 4 heteroatoms. The van der Waals surface area contributed by atoms with E-state index in [2.05, 4.69) is 5.32 Å². The normalized spacial score (nSPS) is 12.6. The van der Waals surface area contributed by atoms with Gasteiger partial charge in [-0.2, -0.15) is 0 Å². The Bertz CT molecular complexity index is 249. The Morgan fingerprint density at radius 1 is 1.11 bits per heavy atom. The molecule has 0 aliphatic rings. The lowest BCUT2D eigenvalue weighted by Crippen LogP contribution is -2.32. The van der Waals surface area contributed by atoms with Gasteiger partial charge in [0.25, 0.3) is 0 Å². The zero-order valence-corrected chi connectivity index (χ0v) is 12.8. The molecule has 108 valence electrons. The van der Waals surface area contributed by atoms with Crippen LogP contribution in [0.2, 0.25) is 0 Å². The summed E-state index contributed by atoms with van der Waals surface area (Å²) in [7, 11) is 1.71. The minimum Gasteiger partial charge on any atom is -0.379 e. The van der Waals surface area contributed by atoms with Gasteiger partial charge in [-0.15, -0.1) is 0 Å². The van der Waals surface area contributed by atoms with E-state index in [-0.39, 0.29) is 17.1 Å². The van der Waals surface area contributed by atoms with Gasteiger partial charge in [-0.05, 0) is 47.5 Å². The third-order valence-electron chi connectivity index (χ3n) is 3.08. The van der Waals surface area contributed by atoms with E-state index in [1.54, 1.807) is 7.11 Å². The average Bonchev–Trinajstić information content (AvgIpc) is 2.26. The van der Waals surface area contributed by atoms with E-state index in [0.29, 0.717) is 19.6 Å². The van der Waals surface area contributed by atoms with E-state index < -0.39 is 0 Å². The first-order chi connectivity index (χ1) is 8.22. The molecule has 0 saturated carbocycles. The van der Waals surface area contributed by atoms with Gasteiger partial charge in [0, 0.05) is 20.1 Å². The molecule has 0 aromatic carbocycles. The molecule has 1 N–H and O–H groups in total. The first-order valence-electron chi connectivity index (χ1n) is 6.68. The summed E-state index contributed by atoms with van der Waals surface area (Å²) in [5, 5.41) is 2.79. The minimum absolute atomic E-state index is 0.0893. The molecular weight excluding hydrogens is 230 g/mol.